The lowest BCUT2D eigenvalue weighted by atomic mass is 10.2. The molecular weight excluding hydrogens is 487 g/mol. The predicted molar refractivity (Wildman–Crippen MR) is 112 cm³/mol. The second-order valence-electron chi connectivity index (χ2n) is 5.19. The summed E-state index contributed by atoms with van der Waals surface area (Å²) in [6.07, 6.45) is 0.424. The number of anilines is 1. The fourth-order valence-electron chi connectivity index (χ4n) is 2.40. The second kappa shape index (κ2) is 9.87. The normalized spacial score (nSPS) is 17.3. The van der Waals surface area contributed by atoms with Crippen LogP contribution < -0.4 is 20.3 Å². The molecule has 1 saturated heterocycles. The Labute approximate surface area is 167 Å². The highest BCUT2D eigenvalue weighted by molar-refractivity contribution is 14.0. The molecule has 1 aliphatic heterocycles. The second-order valence-corrected chi connectivity index (χ2v) is 6.32. The molecule has 0 saturated carbocycles. The van der Waals surface area contributed by atoms with Crippen molar-refractivity contribution >= 4 is 57.5 Å². The van der Waals surface area contributed by atoms with Crippen LogP contribution in [0.3, 0.4) is 0 Å². The van der Waals surface area contributed by atoms with Gasteiger partial charge >= 0.3 is 0 Å². The molecule has 1 atom stereocenters. The van der Waals surface area contributed by atoms with Crippen LogP contribution in [0.15, 0.2) is 40.3 Å². The number of carbonyl (C=O) groups excluding carboxylic acids is 1. The lowest BCUT2D eigenvalue weighted by Gasteiger charge is -2.19. The van der Waals surface area contributed by atoms with Crippen LogP contribution in [0.1, 0.15) is 6.42 Å². The van der Waals surface area contributed by atoms with Gasteiger partial charge in [0, 0.05) is 42.8 Å². The zero-order valence-electron chi connectivity index (χ0n) is 13.7. The first-order valence-electron chi connectivity index (χ1n) is 7.28. The average molecular weight is 509 g/mol. The minimum atomic E-state index is 0. The van der Waals surface area contributed by atoms with Gasteiger partial charge in [0.25, 0.3) is 0 Å². The van der Waals surface area contributed by atoms with Crippen molar-refractivity contribution in [2.24, 2.45) is 4.99 Å². The molecule has 0 bridgehead atoms. The minimum Gasteiger partial charge on any atom is -0.497 e. The van der Waals surface area contributed by atoms with Crippen LogP contribution in [0.4, 0.5) is 5.69 Å². The minimum absolute atomic E-state index is 0. The smallest absolute Gasteiger partial charge is 0.229 e. The van der Waals surface area contributed by atoms with Gasteiger partial charge in [0.05, 0.1) is 13.2 Å². The van der Waals surface area contributed by atoms with Crippen molar-refractivity contribution in [3.63, 3.8) is 0 Å². The van der Waals surface area contributed by atoms with Gasteiger partial charge in [0.2, 0.25) is 5.91 Å². The monoisotopic (exact) mass is 508 g/mol. The maximum absolute atomic E-state index is 12.3. The molecular formula is C16H22BrIN4O2. The summed E-state index contributed by atoms with van der Waals surface area (Å²) in [5.41, 5.74) is 0.843. The molecule has 24 heavy (non-hydrogen) atoms. The summed E-state index contributed by atoms with van der Waals surface area (Å²) in [6.45, 7) is 4.93. The van der Waals surface area contributed by atoms with Crippen molar-refractivity contribution in [2.45, 2.75) is 12.5 Å². The van der Waals surface area contributed by atoms with E-state index in [1.54, 1.807) is 19.1 Å². The largest absolute Gasteiger partial charge is 0.497 e. The Hall–Kier alpha value is -1.29. The van der Waals surface area contributed by atoms with Crippen molar-refractivity contribution in [2.75, 3.05) is 32.1 Å². The van der Waals surface area contributed by atoms with Gasteiger partial charge in [-0.3, -0.25) is 9.79 Å². The van der Waals surface area contributed by atoms with Gasteiger partial charge in [0.1, 0.15) is 5.75 Å². The number of guanidine groups is 1. The molecule has 1 unspecified atom stereocenters. The van der Waals surface area contributed by atoms with Crippen LogP contribution in [0, 0.1) is 0 Å². The Morgan fingerprint density at radius 3 is 2.92 bits per heavy atom. The lowest BCUT2D eigenvalue weighted by molar-refractivity contribution is -0.117. The van der Waals surface area contributed by atoms with Crippen molar-refractivity contribution in [1.82, 2.24) is 10.6 Å². The van der Waals surface area contributed by atoms with Gasteiger partial charge in [-0.1, -0.05) is 28.6 Å². The number of nitrogens with one attached hydrogen (secondary N) is 2. The molecule has 132 valence electrons. The molecule has 1 aliphatic rings. The highest BCUT2D eigenvalue weighted by Crippen LogP contribution is 2.25. The SMILES string of the molecule is C=C(Br)CNC(=NC)NC1CC(=O)N(c2cccc(OC)c2)C1.I. The van der Waals surface area contributed by atoms with Gasteiger partial charge in [-0.2, -0.15) is 0 Å². The fraction of sp³-hybridized carbons (Fsp3) is 0.375. The van der Waals surface area contributed by atoms with Crippen molar-refractivity contribution in [1.29, 1.82) is 0 Å². The Kier molecular flexibility index (Phi) is 8.54. The summed E-state index contributed by atoms with van der Waals surface area (Å²) >= 11 is 3.29. The summed E-state index contributed by atoms with van der Waals surface area (Å²) in [6, 6.07) is 7.51. The maximum atomic E-state index is 12.3. The van der Waals surface area contributed by atoms with Crippen LogP contribution in [0.2, 0.25) is 0 Å². The first-order chi connectivity index (χ1) is 11.0. The van der Waals surface area contributed by atoms with Gasteiger partial charge < -0.3 is 20.3 Å². The molecule has 1 amide bonds. The van der Waals surface area contributed by atoms with Gasteiger partial charge in [-0.05, 0) is 12.1 Å². The van der Waals surface area contributed by atoms with Crippen molar-refractivity contribution < 1.29 is 9.53 Å². The third-order valence-electron chi connectivity index (χ3n) is 3.50. The maximum Gasteiger partial charge on any atom is 0.229 e. The van der Waals surface area contributed by atoms with Crippen LogP contribution in [-0.2, 0) is 4.79 Å². The molecule has 1 heterocycles. The summed E-state index contributed by atoms with van der Waals surface area (Å²) in [7, 11) is 3.31. The Balaban J connectivity index is 0.00000288. The third kappa shape index (κ3) is 5.66. The number of aliphatic imine (C=N–C) groups is 1. The van der Waals surface area contributed by atoms with Gasteiger partial charge in [0.15, 0.2) is 5.96 Å². The number of halogens is 2. The number of hydrogen-bond donors (Lipinski definition) is 2. The van der Waals surface area contributed by atoms with E-state index < -0.39 is 0 Å². The fourth-order valence-corrected chi connectivity index (χ4v) is 2.54. The van der Waals surface area contributed by atoms with Crippen molar-refractivity contribution in [3.05, 3.63) is 35.3 Å². The first-order valence-corrected chi connectivity index (χ1v) is 8.07. The van der Waals surface area contributed by atoms with Crippen LogP contribution in [-0.4, -0.2) is 45.2 Å². The van der Waals surface area contributed by atoms with E-state index >= 15 is 0 Å². The standard InChI is InChI=1S/C16H21BrN4O2.HI/c1-11(17)9-19-16(18-2)20-12-7-15(22)21(10-12)13-5-4-6-14(8-13)23-3;/h4-6,8,12H,1,7,9-10H2,2-3H3,(H2,18,19,20);1H. The molecule has 1 fully saturated rings. The zero-order valence-corrected chi connectivity index (χ0v) is 17.6. The quantitative estimate of drug-likeness (QED) is 0.364. The Morgan fingerprint density at radius 1 is 1.54 bits per heavy atom. The molecule has 1 aromatic rings. The number of rotatable bonds is 5. The third-order valence-corrected chi connectivity index (χ3v) is 3.78. The van der Waals surface area contributed by atoms with Crippen LogP contribution in [0.5, 0.6) is 5.75 Å². The molecule has 0 aromatic heterocycles. The van der Waals surface area contributed by atoms with Crippen LogP contribution >= 0.6 is 39.9 Å². The molecule has 2 rings (SSSR count). The van der Waals surface area contributed by atoms with Gasteiger partial charge in [-0.25, -0.2) is 0 Å². The van der Waals surface area contributed by atoms with E-state index in [-0.39, 0.29) is 35.9 Å². The molecule has 6 nitrogen and oxygen atoms in total. The van der Waals surface area contributed by atoms with E-state index in [4.69, 9.17) is 4.74 Å². The highest BCUT2D eigenvalue weighted by atomic mass is 127. The number of hydrogen-bond acceptors (Lipinski definition) is 3. The van der Waals surface area contributed by atoms with E-state index in [0.29, 0.717) is 25.5 Å². The summed E-state index contributed by atoms with van der Waals surface area (Å²) in [5, 5.41) is 6.39. The molecule has 2 N–H and O–H groups in total. The highest BCUT2D eigenvalue weighted by Gasteiger charge is 2.31. The Morgan fingerprint density at radius 2 is 2.29 bits per heavy atom. The first kappa shape index (κ1) is 20.8. The number of ether oxygens (including phenoxy) is 1. The number of benzene rings is 1. The van der Waals surface area contributed by atoms with Gasteiger partial charge in [-0.15, -0.1) is 24.0 Å². The van der Waals surface area contributed by atoms with Crippen molar-refractivity contribution in [3.8, 4) is 5.75 Å². The topological polar surface area (TPSA) is 66.0 Å². The molecule has 1 aromatic carbocycles. The lowest BCUT2D eigenvalue weighted by Crippen LogP contribution is -2.44. The number of nitrogens with zero attached hydrogens (tertiary/aromatic N) is 2. The van der Waals surface area contributed by atoms with E-state index in [1.807, 2.05) is 24.3 Å². The van der Waals surface area contributed by atoms with E-state index in [0.717, 1.165) is 15.9 Å². The molecule has 0 radical (unpaired) electrons. The number of amides is 1. The molecule has 0 spiro atoms. The summed E-state index contributed by atoms with van der Waals surface area (Å²) in [5.74, 6) is 1.46. The van der Waals surface area contributed by atoms with E-state index in [2.05, 4.69) is 38.1 Å². The summed E-state index contributed by atoms with van der Waals surface area (Å²) < 4.78 is 6.05. The number of methoxy groups -OCH3 is 1. The van der Waals surface area contributed by atoms with E-state index in [9.17, 15) is 4.79 Å². The molecule has 0 aliphatic carbocycles. The average Bonchev–Trinajstić information content (AvgIpc) is 2.91. The van der Waals surface area contributed by atoms with Crippen LogP contribution in [0.25, 0.3) is 0 Å². The summed E-state index contributed by atoms with van der Waals surface area (Å²) in [4.78, 5) is 18.2. The Bertz CT molecular complexity index is 624. The number of carbonyl (C=O) groups is 1. The zero-order chi connectivity index (χ0) is 16.8. The molecule has 8 heteroatoms. The van der Waals surface area contributed by atoms with E-state index in [1.165, 1.54) is 0 Å². The predicted octanol–water partition coefficient (Wildman–Crippen LogP) is 2.49.